The van der Waals surface area contributed by atoms with E-state index in [0.717, 1.165) is 10.9 Å². The van der Waals surface area contributed by atoms with Gasteiger partial charge in [-0.15, -0.1) is 0 Å². The third kappa shape index (κ3) is 2.27. The number of anilines is 1. The molecule has 1 fully saturated rings. The zero-order chi connectivity index (χ0) is 19.6. The first kappa shape index (κ1) is 18.4. The summed E-state index contributed by atoms with van der Waals surface area (Å²) in [5.41, 5.74) is 7.25. The minimum Gasteiger partial charge on any atom is -0.398 e. The summed E-state index contributed by atoms with van der Waals surface area (Å²) in [7, 11) is 9.06. The number of amides is 2. The molecule has 12 heteroatoms. The Morgan fingerprint density at radius 2 is 1.85 bits per heavy atom. The smallest absolute Gasteiger partial charge is 0.263 e. The Balaban J connectivity index is 2.44. The SMILES string of the molecule is Bc1cc2nc(C)n(C3(B)C(=O)NC(=O)CC3(B)B)c(=O)c2c(N)c1B. The first-order valence-electron chi connectivity index (χ1n) is 8.55. The van der Waals surface area contributed by atoms with Crippen molar-refractivity contribution in [2.24, 2.45) is 0 Å². The van der Waals surface area contributed by atoms with Crippen molar-refractivity contribution in [1.29, 1.82) is 0 Å². The summed E-state index contributed by atoms with van der Waals surface area (Å²) >= 11 is 0. The molecule has 0 spiro atoms. The Kier molecular flexibility index (Phi) is 3.94. The van der Waals surface area contributed by atoms with E-state index in [0.29, 0.717) is 22.4 Å². The predicted molar refractivity (Wildman–Crippen MR) is 116 cm³/mol. The van der Waals surface area contributed by atoms with Gasteiger partial charge in [-0.2, -0.15) is 0 Å². The fourth-order valence-electron chi connectivity index (χ4n) is 3.82. The van der Waals surface area contributed by atoms with E-state index in [-0.39, 0.29) is 17.9 Å². The summed E-state index contributed by atoms with van der Waals surface area (Å²) in [6.45, 7) is 1.69. The van der Waals surface area contributed by atoms with Gasteiger partial charge in [0, 0.05) is 12.1 Å². The van der Waals surface area contributed by atoms with Crippen molar-refractivity contribution in [2.75, 3.05) is 5.73 Å². The molecule has 1 aliphatic rings. The number of piperidine rings is 1. The topological polar surface area (TPSA) is 107 Å². The number of nitrogens with one attached hydrogen (secondary N) is 1. The number of aromatic nitrogens is 2. The van der Waals surface area contributed by atoms with E-state index >= 15 is 0 Å². The molecule has 128 valence electrons. The fraction of sp³-hybridized carbons (Fsp3) is 0.286. The minimum atomic E-state index is -1.27. The number of carbonyl (C=O) groups excluding carboxylic acids is 2. The Labute approximate surface area is 155 Å². The maximum atomic E-state index is 13.4. The number of aryl methyl sites for hydroxylation is 1. The van der Waals surface area contributed by atoms with Crippen LogP contribution in [-0.4, -0.2) is 60.6 Å². The second-order valence-electron chi connectivity index (χ2n) is 7.94. The number of carbonyl (C=O) groups is 2. The van der Waals surface area contributed by atoms with Gasteiger partial charge in [0.15, 0.2) is 0 Å². The summed E-state index contributed by atoms with van der Waals surface area (Å²) in [5, 5.41) is 1.90. The largest absolute Gasteiger partial charge is 0.398 e. The van der Waals surface area contributed by atoms with Crippen LogP contribution in [0.15, 0.2) is 10.9 Å². The molecule has 3 N–H and O–H groups in total. The molecule has 0 aliphatic carbocycles. The van der Waals surface area contributed by atoms with Gasteiger partial charge in [0.1, 0.15) is 45.1 Å². The lowest BCUT2D eigenvalue weighted by Gasteiger charge is -2.47. The van der Waals surface area contributed by atoms with Gasteiger partial charge in [0.2, 0.25) is 11.8 Å². The molecule has 1 aromatic carbocycles. The van der Waals surface area contributed by atoms with E-state index in [4.69, 9.17) is 5.73 Å². The fourth-order valence-corrected chi connectivity index (χ4v) is 3.82. The van der Waals surface area contributed by atoms with Gasteiger partial charge in [-0.05, 0) is 13.0 Å². The lowest BCUT2D eigenvalue weighted by atomic mass is 9.37. The number of rotatable bonds is 1. The Morgan fingerprint density at radius 3 is 2.42 bits per heavy atom. The third-order valence-electron chi connectivity index (χ3n) is 5.96. The summed E-state index contributed by atoms with van der Waals surface area (Å²) in [4.78, 5) is 42.7. The molecule has 0 radical (unpaired) electrons. The van der Waals surface area contributed by atoms with Crippen molar-refractivity contribution in [3.05, 3.63) is 22.2 Å². The minimum absolute atomic E-state index is 0.127. The molecule has 2 heterocycles. The summed E-state index contributed by atoms with van der Waals surface area (Å²) < 4.78 is 1.39. The summed E-state index contributed by atoms with van der Waals surface area (Å²) in [6, 6.07) is 1.83. The van der Waals surface area contributed by atoms with Crippen molar-refractivity contribution >= 4 is 78.6 Å². The van der Waals surface area contributed by atoms with Crippen molar-refractivity contribution in [1.82, 2.24) is 14.9 Å². The van der Waals surface area contributed by atoms with Gasteiger partial charge >= 0.3 is 0 Å². The standard InChI is InChI=1S/C14H19B5N4O3/c1-4-21-6-2-5(15)9(16)10(20)8(6)11(25)23(4)14(19)12(26)22-7(24)3-13(14,17)18/h2H,3,15-20H2,1H3,(H,22,24,26). The molecule has 2 amide bonds. The Hall–Kier alpha value is -2.38. The van der Waals surface area contributed by atoms with Crippen LogP contribution in [0.5, 0.6) is 0 Å². The third-order valence-corrected chi connectivity index (χ3v) is 5.96. The van der Waals surface area contributed by atoms with Gasteiger partial charge in [-0.25, -0.2) is 4.98 Å². The molecule has 1 saturated heterocycles. The van der Waals surface area contributed by atoms with Gasteiger partial charge in [0.05, 0.1) is 16.3 Å². The van der Waals surface area contributed by atoms with Crippen LogP contribution >= 0.6 is 0 Å². The van der Waals surface area contributed by atoms with Crippen LogP contribution < -0.4 is 27.5 Å². The van der Waals surface area contributed by atoms with E-state index < -0.39 is 16.6 Å². The molecule has 1 aliphatic heterocycles. The van der Waals surface area contributed by atoms with Crippen LogP contribution in [0.4, 0.5) is 5.69 Å². The highest BCUT2D eigenvalue weighted by Gasteiger charge is 2.53. The van der Waals surface area contributed by atoms with E-state index in [1.807, 2.05) is 37.5 Å². The Bertz CT molecular complexity index is 1050. The van der Waals surface area contributed by atoms with Gasteiger partial charge in [-0.1, -0.05) is 16.1 Å². The van der Waals surface area contributed by atoms with Crippen LogP contribution in [-0.2, 0) is 15.0 Å². The molecular formula is C14H19B5N4O3. The van der Waals surface area contributed by atoms with Gasteiger partial charge in [-0.3, -0.25) is 24.3 Å². The number of nitrogen functional groups attached to an aromatic ring is 1. The van der Waals surface area contributed by atoms with Crippen LogP contribution in [0.1, 0.15) is 12.2 Å². The quantitative estimate of drug-likeness (QED) is 0.304. The van der Waals surface area contributed by atoms with Crippen molar-refractivity contribution < 1.29 is 9.59 Å². The van der Waals surface area contributed by atoms with E-state index in [1.54, 1.807) is 14.8 Å². The number of fused-ring (bicyclic) bond motifs is 1. The van der Waals surface area contributed by atoms with Crippen LogP contribution in [0.3, 0.4) is 0 Å². The monoisotopic (exact) mass is 346 g/mol. The van der Waals surface area contributed by atoms with Crippen molar-refractivity contribution in [3.8, 4) is 0 Å². The van der Waals surface area contributed by atoms with Crippen molar-refractivity contribution in [3.63, 3.8) is 0 Å². The molecule has 1 aromatic heterocycles. The lowest BCUT2D eigenvalue weighted by molar-refractivity contribution is -0.138. The average Bonchev–Trinajstić information content (AvgIpc) is 2.49. The molecular weight excluding hydrogens is 326 g/mol. The first-order valence-corrected chi connectivity index (χ1v) is 8.55. The highest BCUT2D eigenvalue weighted by molar-refractivity contribution is 6.52. The second-order valence-corrected chi connectivity index (χ2v) is 7.94. The number of imide groups is 1. The zero-order valence-electron chi connectivity index (χ0n) is 16.0. The maximum Gasteiger partial charge on any atom is 0.263 e. The highest BCUT2D eigenvalue weighted by Crippen LogP contribution is 2.42. The number of hydrogen-bond acceptors (Lipinski definition) is 5. The molecule has 26 heavy (non-hydrogen) atoms. The molecule has 1 unspecified atom stereocenters. The molecule has 0 saturated carbocycles. The first-order chi connectivity index (χ1) is 11.9. The molecule has 3 rings (SSSR count). The number of nitrogens with zero attached hydrogens (tertiary/aromatic N) is 2. The molecule has 1 atom stereocenters. The van der Waals surface area contributed by atoms with Crippen LogP contribution in [0.25, 0.3) is 10.9 Å². The lowest BCUT2D eigenvalue weighted by Crippen LogP contribution is -2.66. The van der Waals surface area contributed by atoms with Gasteiger partial charge < -0.3 is 5.73 Å². The second kappa shape index (κ2) is 5.56. The molecule has 7 nitrogen and oxygen atoms in total. The Morgan fingerprint density at radius 1 is 1.23 bits per heavy atom. The summed E-state index contributed by atoms with van der Waals surface area (Å²) in [5.74, 6) is -0.444. The van der Waals surface area contributed by atoms with Crippen molar-refractivity contribution in [2.45, 2.75) is 24.0 Å². The normalized spacial score (nSPS) is 22.3. The maximum absolute atomic E-state index is 13.4. The average molecular weight is 345 g/mol. The van der Waals surface area contributed by atoms with E-state index in [1.165, 1.54) is 4.57 Å². The van der Waals surface area contributed by atoms with E-state index in [9.17, 15) is 14.4 Å². The molecule has 2 aromatic rings. The number of nitrogens with two attached hydrogens (primary N) is 1. The van der Waals surface area contributed by atoms with Crippen LogP contribution in [0.2, 0.25) is 5.21 Å². The van der Waals surface area contributed by atoms with Gasteiger partial charge in [0.25, 0.3) is 5.56 Å². The van der Waals surface area contributed by atoms with E-state index in [2.05, 4.69) is 10.3 Å². The molecule has 0 bridgehead atoms. The number of benzene rings is 1. The predicted octanol–water partition coefficient (Wildman–Crippen LogP) is -6.48. The van der Waals surface area contributed by atoms with Crippen LogP contribution in [0, 0.1) is 6.92 Å². The number of hydrogen-bond donors (Lipinski definition) is 2. The highest BCUT2D eigenvalue weighted by atomic mass is 16.2. The summed E-state index contributed by atoms with van der Waals surface area (Å²) in [6.07, 6.45) is 0.127. The zero-order valence-corrected chi connectivity index (χ0v) is 16.0.